The third-order valence-corrected chi connectivity index (χ3v) is 3.26. The minimum absolute atomic E-state index is 0.362. The summed E-state index contributed by atoms with van der Waals surface area (Å²) >= 11 is 0. The number of halogens is 3. The predicted molar refractivity (Wildman–Crippen MR) is 63.0 cm³/mol. The van der Waals surface area contributed by atoms with Crippen LogP contribution in [0, 0.1) is 0 Å². The summed E-state index contributed by atoms with van der Waals surface area (Å²) in [7, 11) is 1.52. The van der Waals surface area contributed by atoms with Crippen LogP contribution in [-0.4, -0.2) is 25.2 Å². The van der Waals surface area contributed by atoms with Crippen molar-refractivity contribution in [3.05, 3.63) is 29.3 Å². The van der Waals surface area contributed by atoms with Crippen LogP contribution in [0.1, 0.15) is 17.5 Å². The summed E-state index contributed by atoms with van der Waals surface area (Å²) in [5, 5.41) is 2.03. The highest BCUT2D eigenvalue weighted by atomic mass is 19.4. The Labute approximate surface area is 108 Å². The molecule has 0 aromatic heterocycles. The van der Waals surface area contributed by atoms with E-state index in [9.17, 15) is 18.0 Å². The van der Waals surface area contributed by atoms with Gasteiger partial charge >= 0.3 is 12.1 Å². The monoisotopic (exact) mass is 273 g/mol. The maximum Gasteiger partial charge on any atom is 0.471 e. The number of hydrogen-bond donors (Lipinski definition) is 1. The minimum atomic E-state index is -4.83. The molecule has 104 valence electrons. The lowest BCUT2D eigenvalue weighted by molar-refractivity contribution is -0.174. The van der Waals surface area contributed by atoms with Crippen LogP contribution in [0.5, 0.6) is 5.75 Å². The molecule has 3 nitrogen and oxygen atoms in total. The van der Waals surface area contributed by atoms with Crippen molar-refractivity contribution in [3.63, 3.8) is 0 Å². The number of amides is 1. The molecule has 0 unspecified atom stereocenters. The first-order valence-electron chi connectivity index (χ1n) is 5.94. The molecule has 0 fully saturated rings. The summed E-state index contributed by atoms with van der Waals surface area (Å²) in [6, 6.07) is 5.05. The van der Waals surface area contributed by atoms with E-state index in [4.69, 9.17) is 4.74 Å². The van der Waals surface area contributed by atoms with Gasteiger partial charge in [-0.3, -0.25) is 4.79 Å². The second-order valence-corrected chi connectivity index (χ2v) is 4.51. The highest BCUT2D eigenvalue weighted by Crippen LogP contribution is 2.29. The quantitative estimate of drug-likeness (QED) is 0.897. The van der Waals surface area contributed by atoms with Crippen molar-refractivity contribution < 1.29 is 22.7 Å². The third kappa shape index (κ3) is 3.00. The maximum absolute atomic E-state index is 12.2. The van der Waals surface area contributed by atoms with Gasteiger partial charge in [0.1, 0.15) is 5.75 Å². The smallest absolute Gasteiger partial charge is 0.471 e. The Hall–Kier alpha value is -1.72. The molecule has 0 saturated heterocycles. The van der Waals surface area contributed by atoms with Crippen molar-refractivity contribution in [3.8, 4) is 5.75 Å². The largest absolute Gasteiger partial charge is 0.496 e. The van der Waals surface area contributed by atoms with Crippen LogP contribution >= 0.6 is 0 Å². The molecule has 0 radical (unpaired) electrons. The molecule has 19 heavy (non-hydrogen) atoms. The summed E-state index contributed by atoms with van der Waals surface area (Å²) in [6.45, 7) is 0. The van der Waals surface area contributed by atoms with Crippen molar-refractivity contribution in [2.24, 2.45) is 0 Å². The molecule has 1 aliphatic carbocycles. The van der Waals surface area contributed by atoms with Crippen LogP contribution in [0.15, 0.2) is 18.2 Å². The summed E-state index contributed by atoms with van der Waals surface area (Å²) in [5.74, 6) is -1.22. The Morgan fingerprint density at radius 2 is 2.16 bits per heavy atom. The van der Waals surface area contributed by atoms with Crippen molar-refractivity contribution in [2.75, 3.05) is 7.11 Å². The highest BCUT2D eigenvalue weighted by molar-refractivity contribution is 5.82. The first kappa shape index (κ1) is 13.7. The van der Waals surface area contributed by atoms with E-state index in [0.29, 0.717) is 25.0 Å². The molecule has 1 aromatic carbocycles. The lowest BCUT2D eigenvalue weighted by atomic mass is 9.87. The van der Waals surface area contributed by atoms with E-state index in [-0.39, 0.29) is 0 Å². The van der Waals surface area contributed by atoms with E-state index in [0.717, 1.165) is 11.1 Å². The number of aryl methyl sites for hydroxylation is 1. The van der Waals surface area contributed by atoms with Gasteiger partial charge in [-0.2, -0.15) is 13.2 Å². The lowest BCUT2D eigenvalue weighted by Gasteiger charge is -2.27. The van der Waals surface area contributed by atoms with Crippen molar-refractivity contribution in [2.45, 2.75) is 31.5 Å². The second kappa shape index (κ2) is 5.11. The lowest BCUT2D eigenvalue weighted by Crippen LogP contribution is -2.45. The zero-order chi connectivity index (χ0) is 14.0. The summed E-state index contributed by atoms with van der Waals surface area (Å²) < 4.78 is 41.8. The van der Waals surface area contributed by atoms with Gasteiger partial charge in [0.2, 0.25) is 0 Å². The van der Waals surface area contributed by atoms with E-state index in [1.165, 1.54) is 7.11 Å². The number of rotatable bonds is 2. The summed E-state index contributed by atoms with van der Waals surface area (Å²) in [5.41, 5.74) is 1.94. The molecule has 1 N–H and O–H groups in total. The number of ether oxygens (including phenoxy) is 1. The Morgan fingerprint density at radius 1 is 1.42 bits per heavy atom. The van der Waals surface area contributed by atoms with Crippen molar-refractivity contribution >= 4 is 5.91 Å². The Balaban J connectivity index is 2.12. The fourth-order valence-corrected chi connectivity index (χ4v) is 2.34. The first-order valence-corrected chi connectivity index (χ1v) is 5.94. The van der Waals surface area contributed by atoms with Gasteiger partial charge in [-0.1, -0.05) is 12.1 Å². The Morgan fingerprint density at radius 3 is 2.79 bits per heavy atom. The molecule has 0 bridgehead atoms. The SMILES string of the molecule is COc1cccc2c1C[C@@H](NC(=O)C(F)(F)F)CC2. The molecule has 6 heteroatoms. The van der Waals surface area contributed by atoms with Crippen LogP contribution in [0.25, 0.3) is 0 Å². The fraction of sp³-hybridized carbons (Fsp3) is 0.462. The number of fused-ring (bicyclic) bond motifs is 1. The van der Waals surface area contributed by atoms with Gasteiger partial charge in [-0.25, -0.2) is 0 Å². The molecule has 0 spiro atoms. The van der Waals surface area contributed by atoms with Gasteiger partial charge in [0, 0.05) is 6.04 Å². The van der Waals surface area contributed by atoms with Gasteiger partial charge in [-0.15, -0.1) is 0 Å². The van der Waals surface area contributed by atoms with E-state index < -0.39 is 18.1 Å². The average Bonchev–Trinajstić information content (AvgIpc) is 2.36. The highest BCUT2D eigenvalue weighted by Gasteiger charge is 2.40. The van der Waals surface area contributed by atoms with Crippen LogP contribution in [0.4, 0.5) is 13.2 Å². The third-order valence-electron chi connectivity index (χ3n) is 3.26. The number of carbonyl (C=O) groups is 1. The molecular formula is C13H14F3NO2. The summed E-state index contributed by atoms with van der Waals surface area (Å²) in [6.07, 6.45) is -3.33. The number of carbonyl (C=O) groups excluding carboxylic acids is 1. The molecule has 1 amide bonds. The average molecular weight is 273 g/mol. The van der Waals surface area contributed by atoms with Gasteiger partial charge < -0.3 is 10.1 Å². The van der Waals surface area contributed by atoms with Crippen molar-refractivity contribution in [1.29, 1.82) is 0 Å². The molecule has 1 aliphatic rings. The van der Waals surface area contributed by atoms with Gasteiger partial charge in [0.25, 0.3) is 0 Å². The first-order chi connectivity index (χ1) is 8.91. The van der Waals surface area contributed by atoms with E-state index in [2.05, 4.69) is 0 Å². The Bertz CT molecular complexity index is 471. The number of alkyl halides is 3. The topological polar surface area (TPSA) is 38.3 Å². The van der Waals surface area contributed by atoms with E-state index in [1.807, 2.05) is 17.4 Å². The van der Waals surface area contributed by atoms with Crippen molar-refractivity contribution in [1.82, 2.24) is 5.32 Å². The van der Waals surface area contributed by atoms with Crippen LogP contribution in [0.2, 0.25) is 0 Å². The molecule has 0 heterocycles. The summed E-state index contributed by atoms with van der Waals surface area (Å²) in [4.78, 5) is 10.9. The molecule has 0 saturated carbocycles. The predicted octanol–water partition coefficient (Wildman–Crippen LogP) is 2.23. The molecule has 1 aromatic rings. The molecule has 0 aliphatic heterocycles. The number of benzene rings is 1. The number of nitrogens with one attached hydrogen (secondary N) is 1. The van der Waals surface area contributed by atoms with Gasteiger partial charge in [0.15, 0.2) is 0 Å². The van der Waals surface area contributed by atoms with E-state index in [1.54, 1.807) is 6.07 Å². The minimum Gasteiger partial charge on any atom is -0.496 e. The normalized spacial score (nSPS) is 18.6. The van der Waals surface area contributed by atoms with Crippen LogP contribution in [0.3, 0.4) is 0 Å². The van der Waals surface area contributed by atoms with E-state index >= 15 is 0 Å². The standard InChI is InChI=1S/C13H14F3NO2/c1-19-11-4-2-3-8-5-6-9(7-10(8)11)17-12(18)13(14,15)16/h2-4,9H,5-7H2,1H3,(H,17,18)/t9-/m0/s1. The maximum atomic E-state index is 12.2. The molecular weight excluding hydrogens is 259 g/mol. The Kier molecular flexibility index (Phi) is 3.68. The van der Waals surface area contributed by atoms with Gasteiger partial charge in [0.05, 0.1) is 7.11 Å². The number of hydrogen-bond acceptors (Lipinski definition) is 2. The fourth-order valence-electron chi connectivity index (χ4n) is 2.34. The molecule has 1 atom stereocenters. The zero-order valence-electron chi connectivity index (χ0n) is 10.4. The van der Waals surface area contributed by atoms with Crippen LogP contribution in [-0.2, 0) is 17.6 Å². The number of methoxy groups -OCH3 is 1. The zero-order valence-corrected chi connectivity index (χ0v) is 10.4. The second-order valence-electron chi connectivity index (χ2n) is 4.51. The van der Waals surface area contributed by atoms with Gasteiger partial charge in [-0.05, 0) is 36.5 Å². The molecule has 2 rings (SSSR count). The van der Waals surface area contributed by atoms with Crippen LogP contribution < -0.4 is 10.1 Å².